The second-order valence-corrected chi connectivity index (χ2v) is 6.38. The van der Waals surface area contributed by atoms with E-state index in [0.29, 0.717) is 31.8 Å². The van der Waals surface area contributed by atoms with Crippen LogP contribution >= 0.6 is 0 Å². The predicted molar refractivity (Wildman–Crippen MR) is 87.6 cm³/mol. The number of carbonyl (C=O) groups is 2. The molecule has 0 aliphatic carbocycles. The minimum atomic E-state index is -4.68. The van der Waals surface area contributed by atoms with Gasteiger partial charge in [0.15, 0.2) is 0 Å². The fourth-order valence-electron chi connectivity index (χ4n) is 2.60. The number of esters is 1. The standard InChI is InChI=1S/C18H31F3O3/c1-3-24-17(23)14-9-7-5-4-6-8-11-15(2)12-10-13-16(22)18(19,20)21/h15H,3-14H2,1-2H3. The van der Waals surface area contributed by atoms with Crippen molar-refractivity contribution in [2.45, 2.75) is 90.7 Å². The minimum Gasteiger partial charge on any atom is -0.466 e. The highest BCUT2D eigenvalue weighted by Gasteiger charge is 2.37. The Morgan fingerprint density at radius 1 is 0.875 bits per heavy atom. The van der Waals surface area contributed by atoms with Gasteiger partial charge in [-0.1, -0.05) is 51.9 Å². The van der Waals surface area contributed by atoms with Crippen molar-refractivity contribution in [3.8, 4) is 0 Å². The maximum Gasteiger partial charge on any atom is 0.449 e. The van der Waals surface area contributed by atoms with E-state index < -0.39 is 18.4 Å². The third-order valence-electron chi connectivity index (χ3n) is 4.05. The molecule has 0 saturated heterocycles. The summed E-state index contributed by atoms with van der Waals surface area (Å²) in [6.07, 6.45) is 3.63. The molecule has 0 aromatic carbocycles. The molecular weight excluding hydrogens is 321 g/mol. The largest absolute Gasteiger partial charge is 0.466 e. The monoisotopic (exact) mass is 352 g/mol. The average Bonchev–Trinajstić information content (AvgIpc) is 2.49. The molecule has 0 amide bonds. The van der Waals surface area contributed by atoms with E-state index in [1.54, 1.807) is 6.92 Å². The molecule has 0 radical (unpaired) electrons. The first-order chi connectivity index (χ1) is 11.3. The number of Topliss-reactive ketones (excluding diaryl/α,β-unsaturated/α-hetero) is 1. The lowest BCUT2D eigenvalue weighted by Gasteiger charge is -2.11. The molecule has 0 aromatic rings. The van der Waals surface area contributed by atoms with E-state index in [-0.39, 0.29) is 5.97 Å². The number of carbonyl (C=O) groups excluding carboxylic acids is 2. The Balaban J connectivity index is 3.42. The zero-order valence-electron chi connectivity index (χ0n) is 14.9. The lowest BCUT2D eigenvalue weighted by molar-refractivity contribution is -0.171. The van der Waals surface area contributed by atoms with Gasteiger partial charge in [-0.3, -0.25) is 9.59 Å². The Hall–Kier alpha value is -1.07. The van der Waals surface area contributed by atoms with Crippen LogP contribution in [0.5, 0.6) is 0 Å². The van der Waals surface area contributed by atoms with Crippen molar-refractivity contribution >= 4 is 11.8 Å². The number of hydrogen-bond donors (Lipinski definition) is 0. The van der Waals surface area contributed by atoms with Crippen LogP contribution in [0.25, 0.3) is 0 Å². The van der Waals surface area contributed by atoms with Gasteiger partial charge in [-0.2, -0.15) is 13.2 Å². The summed E-state index contributed by atoms with van der Waals surface area (Å²) < 4.78 is 41.0. The molecule has 0 aliphatic rings. The second-order valence-electron chi connectivity index (χ2n) is 6.38. The van der Waals surface area contributed by atoms with Crippen LogP contribution in [0, 0.1) is 5.92 Å². The minimum absolute atomic E-state index is 0.129. The van der Waals surface area contributed by atoms with Gasteiger partial charge in [-0.25, -0.2) is 0 Å². The van der Waals surface area contributed by atoms with E-state index in [1.165, 1.54) is 0 Å². The van der Waals surface area contributed by atoms with E-state index in [1.807, 2.05) is 6.92 Å². The molecule has 0 aromatic heterocycles. The summed E-state index contributed by atoms with van der Waals surface area (Å²) in [5.41, 5.74) is 0. The Labute approximate surface area is 143 Å². The van der Waals surface area contributed by atoms with Crippen LogP contribution in [0.4, 0.5) is 13.2 Å². The summed E-state index contributed by atoms with van der Waals surface area (Å²) in [7, 11) is 0. The first-order valence-corrected chi connectivity index (χ1v) is 9.03. The molecule has 0 rings (SSSR count). The Bertz CT molecular complexity index is 354. The molecule has 3 nitrogen and oxygen atoms in total. The molecular formula is C18H31F3O3. The van der Waals surface area contributed by atoms with E-state index in [2.05, 4.69) is 0 Å². The van der Waals surface area contributed by atoms with Gasteiger partial charge in [0, 0.05) is 12.8 Å². The number of halogens is 3. The van der Waals surface area contributed by atoms with Gasteiger partial charge in [0.2, 0.25) is 5.78 Å². The molecule has 0 bridgehead atoms. The Kier molecular flexibility index (Phi) is 12.7. The van der Waals surface area contributed by atoms with Crippen LogP contribution in [0.15, 0.2) is 0 Å². The molecule has 1 unspecified atom stereocenters. The quantitative estimate of drug-likeness (QED) is 0.301. The average molecular weight is 352 g/mol. The van der Waals surface area contributed by atoms with Crippen LogP contribution in [-0.2, 0) is 14.3 Å². The summed E-state index contributed by atoms with van der Waals surface area (Å²) >= 11 is 0. The molecule has 142 valence electrons. The SMILES string of the molecule is CCOC(=O)CCCCCCCCC(C)CCCC(=O)C(F)(F)F. The topological polar surface area (TPSA) is 43.4 Å². The van der Waals surface area contributed by atoms with Gasteiger partial charge >= 0.3 is 12.1 Å². The van der Waals surface area contributed by atoms with Gasteiger partial charge in [-0.05, 0) is 25.7 Å². The van der Waals surface area contributed by atoms with Gasteiger partial charge < -0.3 is 4.74 Å². The van der Waals surface area contributed by atoms with Crippen molar-refractivity contribution in [1.82, 2.24) is 0 Å². The third kappa shape index (κ3) is 13.4. The van der Waals surface area contributed by atoms with Crippen LogP contribution in [0.2, 0.25) is 0 Å². The summed E-state index contributed by atoms with van der Waals surface area (Å²) in [5, 5.41) is 0. The lowest BCUT2D eigenvalue weighted by atomic mass is 9.96. The second kappa shape index (κ2) is 13.2. The van der Waals surface area contributed by atoms with E-state index in [4.69, 9.17) is 4.74 Å². The van der Waals surface area contributed by atoms with Crippen LogP contribution < -0.4 is 0 Å². The molecule has 0 fully saturated rings. The smallest absolute Gasteiger partial charge is 0.449 e. The summed E-state index contributed by atoms with van der Waals surface area (Å²) in [4.78, 5) is 21.9. The number of rotatable bonds is 14. The van der Waals surface area contributed by atoms with E-state index >= 15 is 0 Å². The first-order valence-electron chi connectivity index (χ1n) is 9.03. The highest BCUT2D eigenvalue weighted by molar-refractivity contribution is 5.83. The molecule has 0 N–H and O–H groups in total. The molecule has 0 spiro atoms. The number of unbranched alkanes of at least 4 members (excludes halogenated alkanes) is 5. The molecule has 0 heterocycles. The normalized spacial score (nSPS) is 12.9. The van der Waals surface area contributed by atoms with Crippen molar-refractivity contribution < 1.29 is 27.5 Å². The Morgan fingerprint density at radius 3 is 2.00 bits per heavy atom. The van der Waals surface area contributed by atoms with Crippen molar-refractivity contribution in [3.63, 3.8) is 0 Å². The van der Waals surface area contributed by atoms with E-state index in [0.717, 1.165) is 44.9 Å². The van der Waals surface area contributed by atoms with Crippen molar-refractivity contribution in [3.05, 3.63) is 0 Å². The summed E-state index contributed by atoms with van der Waals surface area (Å²) in [6, 6.07) is 0. The molecule has 1 atom stereocenters. The van der Waals surface area contributed by atoms with Crippen molar-refractivity contribution in [1.29, 1.82) is 0 Å². The summed E-state index contributed by atoms with van der Waals surface area (Å²) in [6.45, 7) is 4.26. The number of ether oxygens (including phenoxy) is 1. The van der Waals surface area contributed by atoms with E-state index in [9.17, 15) is 22.8 Å². The van der Waals surface area contributed by atoms with Crippen LogP contribution in [-0.4, -0.2) is 24.5 Å². The molecule has 24 heavy (non-hydrogen) atoms. The highest BCUT2D eigenvalue weighted by atomic mass is 19.4. The molecule has 0 aliphatic heterocycles. The number of alkyl halides is 3. The first kappa shape index (κ1) is 22.9. The molecule has 6 heteroatoms. The maximum absolute atomic E-state index is 12.1. The third-order valence-corrected chi connectivity index (χ3v) is 4.05. The zero-order chi connectivity index (χ0) is 18.4. The predicted octanol–water partition coefficient (Wildman–Crippen LogP) is 5.61. The van der Waals surface area contributed by atoms with Crippen LogP contribution in [0.3, 0.4) is 0 Å². The molecule has 0 saturated carbocycles. The van der Waals surface area contributed by atoms with Crippen LogP contribution in [0.1, 0.15) is 84.5 Å². The fraction of sp³-hybridized carbons (Fsp3) is 0.889. The maximum atomic E-state index is 12.1. The number of ketones is 1. The van der Waals surface area contributed by atoms with Gasteiger partial charge in [0.25, 0.3) is 0 Å². The van der Waals surface area contributed by atoms with Crippen molar-refractivity contribution in [2.75, 3.05) is 6.61 Å². The highest BCUT2D eigenvalue weighted by Crippen LogP contribution is 2.22. The Morgan fingerprint density at radius 2 is 1.42 bits per heavy atom. The van der Waals surface area contributed by atoms with Crippen molar-refractivity contribution in [2.24, 2.45) is 5.92 Å². The zero-order valence-corrected chi connectivity index (χ0v) is 14.9. The van der Waals surface area contributed by atoms with Gasteiger partial charge in [-0.15, -0.1) is 0 Å². The number of hydrogen-bond acceptors (Lipinski definition) is 3. The fourth-order valence-corrected chi connectivity index (χ4v) is 2.60. The van der Waals surface area contributed by atoms with Gasteiger partial charge in [0.1, 0.15) is 0 Å². The summed E-state index contributed by atoms with van der Waals surface area (Å²) in [5.74, 6) is -1.39. The van der Waals surface area contributed by atoms with Gasteiger partial charge in [0.05, 0.1) is 6.61 Å². The lowest BCUT2D eigenvalue weighted by Crippen LogP contribution is -2.22.